The molecule has 8 heteroatoms. The van der Waals surface area contributed by atoms with Gasteiger partial charge in [0.15, 0.2) is 0 Å². The second-order valence-electron chi connectivity index (χ2n) is 7.12. The van der Waals surface area contributed by atoms with Crippen LogP contribution in [-0.4, -0.2) is 40.6 Å². The van der Waals surface area contributed by atoms with Crippen molar-refractivity contribution in [1.82, 2.24) is 4.98 Å². The molecule has 1 N–H and O–H groups in total. The van der Waals surface area contributed by atoms with Crippen molar-refractivity contribution >= 4 is 70.1 Å². The smallest absolute Gasteiger partial charge is 0.306 e. The number of pyridine rings is 1. The highest BCUT2D eigenvalue weighted by Crippen LogP contribution is 2.40. The summed E-state index contributed by atoms with van der Waals surface area (Å²) in [6.45, 7) is 0. The molecular weight excluding hydrogens is 478 g/mol. The summed E-state index contributed by atoms with van der Waals surface area (Å²) in [6, 6.07) is 17.7. The molecule has 172 valence electrons. The molecule has 0 saturated carbocycles. The summed E-state index contributed by atoms with van der Waals surface area (Å²) >= 11 is 9.27. The lowest BCUT2D eigenvalue weighted by atomic mass is 10.1. The van der Waals surface area contributed by atoms with Crippen molar-refractivity contribution in [3.63, 3.8) is 0 Å². The molecule has 0 aliphatic heterocycles. The SMILES string of the molecule is COC(=O)CCS[C@@H](SCCC(=O)O)c1cccc(/C=C/c2ccc3ccc(Cl)cc3n2)c1. The fraction of sp³-hybridized carbons (Fsp3) is 0.240. The Kier molecular flexibility index (Phi) is 9.66. The van der Waals surface area contributed by atoms with Crippen LogP contribution in [0.3, 0.4) is 0 Å². The van der Waals surface area contributed by atoms with Gasteiger partial charge < -0.3 is 9.84 Å². The van der Waals surface area contributed by atoms with E-state index in [0.717, 1.165) is 27.7 Å². The maximum Gasteiger partial charge on any atom is 0.306 e. The Balaban J connectivity index is 1.74. The number of carboxylic acids is 1. The molecule has 0 radical (unpaired) electrons. The number of carbonyl (C=O) groups is 2. The first kappa shape index (κ1) is 25.1. The van der Waals surface area contributed by atoms with Crippen LogP contribution in [0.25, 0.3) is 23.1 Å². The number of ether oxygens (including phenoxy) is 1. The van der Waals surface area contributed by atoms with Crippen molar-refractivity contribution in [1.29, 1.82) is 0 Å². The fourth-order valence-electron chi connectivity index (χ4n) is 3.04. The third kappa shape index (κ3) is 8.11. The molecule has 3 aromatic rings. The number of aliphatic carboxylic acids is 1. The minimum atomic E-state index is -0.818. The summed E-state index contributed by atoms with van der Waals surface area (Å²) in [5.74, 6) is 0.0231. The van der Waals surface area contributed by atoms with Gasteiger partial charge in [0.1, 0.15) is 0 Å². The molecule has 0 spiro atoms. The topological polar surface area (TPSA) is 76.5 Å². The molecule has 0 aliphatic carbocycles. The van der Waals surface area contributed by atoms with Gasteiger partial charge in [-0.25, -0.2) is 4.98 Å². The number of rotatable bonds is 11. The Bertz CT molecular complexity index is 1150. The van der Waals surface area contributed by atoms with E-state index in [-0.39, 0.29) is 17.0 Å². The lowest BCUT2D eigenvalue weighted by molar-refractivity contribution is -0.140. The first-order valence-electron chi connectivity index (χ1n) is 10.3. The van der Waals surface area contributed by atoms with E-state index in [1.165, 1.54) is 7.11 Å². The molecule has 1 atom stereocenters. The number of benzene rings is 2. The monoisotopic (exact) mass is 501 g/mol. The van der Waals surface area contributed by atoms with Crippen molar-refractivity contribution in [2.24, 2.45) is 0 Å². The summed E-state index contributed by atoms with van der Waals surface area (Å²) in [7, 11) is 1.38. The number of fused-ring (bicyclic) bond motifs is 1. The maximum atomic E-state index is 11.5. The van der Waals surface area contributed by atoms with Crippen molar-refractivity contribution in [2.75, 3.05) is 18.6 Å². The van der Waals surface area contributed by atoms with E-state index >= 15 is 0 Å². The zero-order valence-corrected chi connectivity index (χ0v) is 20.5. The molecule has 2 aromatic carbocycles. The number of carboxylic acid groups (broad SMARTS) is 1. The first-order valence-corrected chi connectivity index (χ1v) is 12.8. The molecule has 0 unspecified atom stereocenters. The van der Waals surface area contributed by atoms with Crippen LogP contribution in [-0.2, 0) is 14.3 Å². The molecule has 3 rings (SSSR count). The normalized spacial score (nSPS) is 12.2. The minimum absolute atomic E-state index is 0.0169. The fourth-order valence-corrected chi connectivity index (χ4v) is 5.85. The zero-order valence-electron chi connectivity index (χ0n) is 18.1. The van der Waals surface area contributed by atoms with E-state index in [9.17, 15) is 9.59 Å². The summed E-state index contributed by atoms with van der Waals surface area (Å²) in [4.78, 5) is 27.0. The summed E-state index contributed by atoms with van der Waals surface area (Å²) < 4.78 is 4.73. The molecular formula is C25H24ClNO4S2. The molecule has 0 fully saturated rings. The largest absolute Gasteiger partial charge is 0.481 e. The van der Waals surface area contributed by atoms with Crippen LogP contribution in [0.15, 0.2) is 54.6 Å². The predicted molar refractivity (Wildman–Crippen MR) is 139 cm³/mol. The third-order valence-electron chi connectivity index (χ3n) is 4.69. The van der Waals surface area contributed by atoms with E-state index < -0.39 is 5.97 Å². The Labute approximate surface area is 206 Å². The lowest BCUT2D eigenvalue weighted by Crippen LogP contribution is -2.03. The number of nitrogens with zero attached hydrogens (tertiary/aromatic N) is 1. The van der Waals surface area contributed by atoms with Crippen LogP contribution >= 0.6 is 35.1 Å². The molecule has 0 amide bonds. The van der Waals surface area contributed by atoms with Gasteiger partial charge in [-0.1, -0.05) is 48.0 Å². The van der Waals surface area contributed by atoms with E-state index in [1.807, 2.05) is 60.7 Å². The molecule has 33 heavy (non-hydrogen) atoms. The summed E-state index contributed by atoms with van der Waals surface area (Å²) in [6.07, 6.45) is 4.36. The van der Waals surface area contributed by atoms with E-state index in [0.29, 0.717) is 22.9 Å². The quantitative estimate of drug-likeness (QED) is 0.235. The van der Waals surface area contributed by atoms with Gasteiger partial charge in [0.2, 0.25) is 0 Å². The molecule has 1 aromatic heterocycles. The van der Waals surface area contributed by atoms with Crippen LogP contribution in [0.4, 0.5) is 0 Å². The van der Waals surface area contributed by atoms with Crippen molar-refractivity contribution in [3.8, 4) is 0 Å². The van der Waals surface area contributed by atoms with Gasteiger partial charge in [0.05, 0.1) is 35.7 Å². The van der Waals surface area contributed by atoms with Crippen molar-refractivity contribution < 1.29 is 19.4 Å². The van der Waals surface area contributed by atoms with Crippen LogP contribution in [0.5, 0.6) is 0 Å². The van der Waals surface area contributed by atoms with Crippen molar-refractivity contribution in [2.45, 2.75) is 17.4 Å². The number of carbonyl (C=O) groups excluding carboxylic acids is 1. The van der Waals surface area contributed by atoms with Gasteiger partial charge in [-0.15, -0.1) is 23.5 Å². The van der Waals surface area contributed by atoms with Gasteiger partial charge >= 0.3 is 11.9 Å². The maximum absolute atomic E-state index is 11.5. The van der Waals surface area contributed by atoms with Crippen LogP contribution < -0.4 is 0 Å². The molecule has 1 heterocycles. The Morgan fingerprint density at radius 2 is 1.82 bits per heavy atom. The highest BCUT2D eigenvalue weighted by Gasteiger charge is 2.15. The van der Waals surface area contributed by atoms with E-state index in [2.05, 4.69) is 11.1 Å². The number of esters is 1. The molecule has 5 nitrogen and oxygen atoms in total. The second kappa shape index (κ2) is 12.7. The first-order chi connectivity index (χ1) is 15.9. The summed E-state index contributed by atoms with van der Waals surface area (Å²) in [5.41, 5.74) is 3.75. The van der Waals surface area contributed by atoms with Gasteiger partial charge in [-0.2, -0.15) is 0 Å². The zero-order chi connectivity index (χ0) is 23.6. The Morgan fingerprint density at radius 3 is 2.58 bits per heavy atom. The third-order valence-corrected chi connectivity index (χ3v) is 7.77. The standard InChI is InChI=1S/C25H24ClNO4S2/c1-31-24(30)12-14-33-25(32-13-11-23(28)29)19-4-2-3-17(15-19)5-9-21-10-7-18-6-8-20(26)16-22(18)27-21/h2-10,15-16,25H,11-14H2,1H3,(H,28,29)/b9-5+/t25-/m1/s1. The van der Waals surface area contributed by atoms with Crippen LogP contribution in [0.2, 0.25) is 5.02 Å². The van der Waals surface area contributed by atoms with E-state index in [1.54, 1.807) is 23.5 Å². The predicted octanol–water partition coefficient (Wildman–Crippen LogP) is 6.56. The number of hydrogen-bond acceptors (Lipinski definition) is 6. The average molecular weight is 502 g/mol. The summed E-state index contributed by atoms with van der Waals surface area (Å²) in [5, 5.41) is 10.7. The van der Waals surface area contributed by atoms with Crippen LogP contribution in [0.1, 0.15) is 34.2 Å². The number of thioether (sulfide) groups is 2. The molecule has 0 bridgehead atoms. The number of methoxy groups -OCH3 is 1. The number of halogens is 1. The second-order valence-corrected chi connectivity index (χ2v) is 10.3. The lowest BCUT2D eigenvalue weighted by Gasteiger charge is -2.17. The Morgan fingerprint density at radius 1 is 1.06 bits per heavy atom. The van der Waals surface area contributed by atoms with Crippen LogP contribution in [0, 0.1) is 0 Å². The molecule has 0 saturated heterocycles. The highest BCUT2D eigenvalue weighted by atomic mass is 35.5. The van der Waals surface area contributed by atoms with Gasteiger partial charge in [-0.05, 0) is 41.5 Å². The van der Waals surface area contributed by atoms with Gasteiger partial charge in [-0.3, -0.25) is 9.59 Å². The van der Waals surface area contributed by atoms with Gasteiger partial charge in [0.25, 0.3) is 0 Å². The molecule has 0 aliphatic rings. The Hall–Kier alpha value is -2.48. The van der Waals surface area contributed by atoms with Gasteiger partial charge in [0, 0.05) is 21.9 Å². The highest BCUT2D eigenvalue weighted by molar-refractivity contribution is 8.16. The van der Waals surface area contributed by atoms with Crippen molar-refractivity contribution in [3.05, 3.63) is 76.4 Å². The number of hydrogen-bond donors (Lipinski definition) is 1. The average Bonchev–Trinajstić information content (AvgIpc) is 2.81. The van der Waals surface area contributed by atoms with E-state index in [4.69, 9.17) is 21.4 Å². The minimum Gasteiger partial charge on any atom is -0.481 e. The number of aromatic nitrogens is 1.